The third-order valence-corrected chi connectivity index (χ3v) is 3.35. The first-order valence-electron chi connectivity index (χ1n) is 5.57. The minimum absolute atomic E-state index is 0.533. The fraction of sp³-hybridized carbons (Fsp3) is 0.462. The van der Waals surface area contributed by atoms with Crippen molar-refractivity contribution in [2.45, 2.75) is 25.8 Å². The number of methoxy groups -OCH3 is 1. The summed E-state index contributed by atoms with van der Waals surface area (Å²) in [4.78, 5) is 13.1. The fourth-order valence-corrected chi connectivity index (χ4v) is 1.62. The van der Waals surface area contributed by atoms with Gasteiger partial charge >= 0.3 is 5.97 Å². The third-order valence-electron chi connectivity index (χ3n) is 3.35. The van der Waals surface area contributed by atoms with Crippen molar-refractivity contribution < 1.29 is 14.6 Å². The van der Waals surface area contributed by atoms with Gasteiger partial charge in [-0.25, -0.2) is 4.79 Å². The van der Waals surface area contributed by atoms with Crippen molar-refractivity contribution in [2.75, 3.05) is 19.1 Å². The third kappa shape index (κ3) is 2.52. The average molecular weight is 237 g/mol. The molecule has 1 N–H and O–H groups in total. The van der Waals surface area contributed by atoms with Crippen LogP contribution >= 0.6 is 0 Å². The van der Waals surface area contributed by atoms with E-state index in [4.69, 9.17) is 4.74 Å². The molecule has 4 heteroatoms. The van der Waals surface area contributed by atoms with Crippen molar-refractivity contribution in [3.8, 4) is 5.75 Å². The fourth-order valence-electron chi connectivity index (χ4n) is 1.62. The predicted octanol–water partition coefficient (Wildman–Crippen LogP) is 2.38. The number of benzene rings is 1. The van der Waals surface area contributed by atoms with E-state index in [-0.39, 0.29) is 0 Å². The van der Waals surface area contributed by atoms with Gasteiger partial charge in [-0.15, -0.1) is 0 Å². The Kier molecular flexibility index (Phi) is 3.99. The summed E-state index contributed by atoms with van der Waals surface area (Å²) in [5, 5.41) is 9.30. The lowest BCUT2D eigenvalue weighted by atomic mass is 9.96. The summed E-state index contributed by atoms with van der Waals surface area (Å²) >= 11 is 0. The van der Waals surface area contributed by atoms with E-state index in [1.54, 1.807) is 26.0 Å². The van der Waals surface area contributed by atoms with Gasteiger partial charge in [-0.2, -0.15) is 0 Å². The largest absolute Gasteiger partial charge is 0.497 e. The van der Waals surface area contributed by atoms with Crippen LogP contribution in [0.25, 0.3) is 0 Å². The molecule has 0 saturated carbocycles. The number of carboxylic acids is 1. The average Bonchev–Trinajstić information content (AvgIpc) is 2.36. The molecule has 0 saturated heterocycles. The SMILES string of the molecule is CCC(C)(C(=O)O)N(C)c1ccc(OC)cc1. The number of carbonyl (C=O) groups is 1. The molecule has 1 atom stereocenters. The molecule has 0 fully saturated rings. The molecule has 0 aliphatic carbocycles. The van der Waals surface area contributed by atoms with Crippen LogP contribution < -0.4 is 9.64 Å². The Labute approximate surface area is 102 Å². The molecule has 0 aliphatic rings. The lowest BCUT2D eigenvalue weighted by Gasteiger charge is -2.36. The highest BCUT2D eigenvalue weighted by Crippen LogP contribution is 2.27. The van der Waals surface area contributed by atoms with Crippen LogP contribution in [0.1, 0.15) is 20.3 Å². The van der Waals surface area contributed by atoms with Crippen LogP contribution in [0.4, 0.5) is 5.69 Å². The Hall–Kier alpha value is -1.71. The van der Waals surface area contributed by atoms with Gasteiger partial charge in [0, 0.05) is 12.7 Å². The molecule has 1 aromatic carbocycles. The van der Waals surface area contributed by atoms with E-state index in [2.05, 4.69) is 0 Å². The molecule has 94 valence electrons. The number of ether oxygens (including phenoxy) is 1. The zero-order chi connectivity index (χ0) is 13.1. The molecule has 1 unspecified atom stereocenters. The lowest BCUT2D eigenvalue weighted by Crippen LogP contribution is -2.50. The molecule has 4 nitrogen and oxygen atoms in total. The molecule has 0 amide bonds. The molecule has 17 heavy (non-hydrogen) atoms. The van der Waals surface area contributed by atoms with Gasteiger partial charge in [-0.3, -0.25) is 0 Å². The normalized spacial score (nSPS) is 13.9. The number of hydrogen-bond donors (Lipinski definition) is 1. The first kappa shape index (κ1) is 13.4. The molecule has 0 spiro atoms. The molecule has 0 aromatic heterocycles. The lowest BCUT2D eigenvalue weighted by molar-refractivity contribution is -0.142. The zero-order valence-electron chi connectivity index (χ0n) is 10.7. The highest BCUT2D eigenvalue weighted by atomic mass is 16.5. The van der Waals surface area contributed by atoms with E-state index in [1.807, 2.05) is 31.2 Å². The number of anilines is 1. The van der Waals surface area contributed by atoms with Crippen LogP contribution in [-0.4, -0.2) is 30.8 Å². The number of aliphatic carboxylic acids is 1. The number of carboxylic acid groups (broad SMARTS) is 1. The number of rotatable bonds is 5. The van der Waals surface area contributed by atoms with Gasteiger partial charge in [0.15, 0.2) is 0 Å². The maximum absolute atomic E-state index is 11.3. The summed E-state index contributed by atoms with van der Waals surface area (Å²) in [6, 6.07) is 7.36. The molecule has 1 rings (SSSR count). The zero-order valence-corrected chi connectivity index (χ0v) is 10.7. The standard InChI is InChI=1S/C13H19NO3/c1-5-13(2,12(15)16)14(3)10-6-8-11(17-4)9-7-10/h6-9H,5H2,1-4H3,(H,15,16). The van der Waals surface area contributed by atoms with Gasteiger partial charge in [0.05, 0.1) is 7.11 Å². The summed E-state index contributed by atoms with van der Waals surface area (Å²) in [5.41, 5.74) is -0.0354. The van der Waals surface area contributed by atoms with Gasteiger partial charge in [0.25, 0.3) is 0 Å². The molecule has 0 aliphatic heterocycles. The van der Waals surface area contributed by atoms with Crippen molar-refractivity contribution >= 4 is 11.7 Å². The van der Waals surface area contributed by atoms with Gasteiger partial charge in [-0.1, -0.05) is 6.92 Å². The molecule has 0 heterocycles. The van der Waals surface area contributed by atoms with E-state index in [0.29, 0.717) is 6.42 Å². The highest BCUT2D eigenvalue weighted by molar-refractivity contribution is 5.82. The number of nitrogens with zero attached hydrogens (tertiary/aromatic N) is 1. The molecular weight excluding hydrogens is 218 g/mol. The minimum atomic E-state index is -0.894. The highest BCUT2D eigenvalue weighted by Gasteiger charge is 2.35. The molecular formula is C13H19NO3. The molecule has 1 aromatic rings. The Balaban J connectivity index is 3.01. The first-order chi connectivity index (χ1) is 7.95. The van der Waals surface area contributed by atoms with Crippen molar-refractivity contribution in [3.05, 3.63) is 24.3 Å². The van der Waals surface area contributed by atoms with Crippen LogP contribution in [0.5, 0.6) is 5.75 Å². The topological polar surface area (TPSA) is 49.8 Å². The second kappa shape index (κ2) is 5.08. The van der Waals surface area contributed by atoms with E-state index in [0.717, 1.165) is 11.4 Å². The van der Waals surface area contributed by atoms with Gasteiger partial charge in [-0.05, 0) is 37.6 Å². The van der Waals surface area contributed by atoms with Crippen LogP contribution in [0, 0.1) is 0 Å². The van der Waals surface area contributed by atoms with Crippen LogP contribution in [0.3, 0.4) is 0 Å². The van der Waals surface area contributed by atoms with Crippen LogP contribution in [0.15, 0.2) is 24.3 Å². The van der Waals surface area contributed by atoms with Crippen molar-refractivity contribution in [1.29, 1.82) is 0 Å². The Morgan fingerprint density at radius 1 is 1.41 bits per heavy atom. The molecule has 0 radical (unpaired) electrons. The number of hydrogen-bond acceptors (Lipinski definition) is 3. The van der Waals surface area contributed by atoms with Gasteiger partial charge in [0.2, 0.25) is 0 Å². The van der Waals surface area contributed by atoms with E-state index >= 15 is 0 Å². The maximum atomic E-state index is 11.3. The Morgan fingerprint density at radius 3 is 2.29 bits per heavy atom. The summed E-state index contributed by atoms with van der Waals surface area (Å²) < 4.78 is 5.07. The van der Waals surface area contributed by atoms with Crippen molar-refractivity contribution in [1.82, 2.24) is 0 Å². The van der Waals surface area contributed by atoms with Crippen molar-refractivity contribution in [2.24, 2.45) is 0 Å². The van der Waals surface area contributed by atoms with Gasteiger partial charge < -0.3 is 14.7 Å². The summed E-state index contributed by atoms with van der Waals surface area (Å²) in [5.74, 6) is -0.0611. The van der Waals surface area contributed by atoms with E-state index in [9.17, 15) is 9.90 Å². The van der Waals surface area contributed by atoms with Crippen LogP contribution in [-0.2, 0) is 4.79 Å². The monoisotopic (exact) mass is 237 g/mol. The Morgan fingerprint density at radius 2 is 1.94 bits per heavy atom. The van der Waals surface area contributed by atoms with Crippen molar-refractivity contribution in [3.63, 3.8) is 0 Å². The second-order valence-corrected chi connectivity index (χ2v) is 4.19. The van der Waals surface area contributed by atoms with E-state index in [1.165, 1.54) is 0 Å². The van der Waals surface area contributed by atoms with E-state index < -0.39 is 11.5 Å². The first-order valence-corrected chi connectivity index (χ1v) is 5.57. The minimum Gasteiger partial charge on any atom is -0.497 e. The van der Waals surface area contributed by atoms with Gasteiger partial charge in [0.1, 0.15) is 11.3 Å². The maximum Gasteiger partial charge on any atom is 0.329 e. The predicted molar refractivity (Wildman–Crippen MR) is 67.7 cm³/mol. The molecule has 0 bridgehead atoms. The second-order valence-electron chi connectivity index (χ2n) is 4.19. The summed E-state index contributed by atoms with van der Waals surface area (Å²) in [7, 11) is 3.39. The Bertz CT molecular complexity index is 388. The number of likely N-dealkylation sites (N-methyl/N-ethyl adjacent to an activating group) is 1. The van der Waals surface area contributed by atoms with Crippen LogP contribution in [0.2, 0.25) is 0 Å². The smallest absolute Gasteiger partial charge is 0.329 e. The summed E-state index contributed by atoms with van der Waals surface area (Å²) in [6.45, 7) is 3.59. The summed E-state index contributed by atoms with van der Waals surface area (Å²) in [6.07, 6.45) is 0.533. The quantitative estimate of drug-likeness (QED) is 0.854.